The van der Waals surface area contributed by atoms with Crippen LogP contribution in [0.15, 0.2) is 61.2 Å². The van der Waals surface area contributed by atoms with Gasteiger partial charge in [-0.3, -0.25) is 9.59 Å². The first-order valence-electron chi connectivity index (χ1n) is 8.58. The number of benzene rings is 2. The number of ether oxygens (including phenoxy) is 1. The van der Waals surface area contributed by atoms with Crippen LogP contribution in [0.25, 0.3) is 0 Å². The number of anilines is 2. The molecule has 134 valence electrons. The normalized spacial score (nSPS) is 16.4. The lowest BCUT2D eigenvalue weighted by atomic mass is 10.1. The van der Waals surface area contributed by atoms with Gasteiger partial charge < -0.3 is 15.0 Å². The second-order valence-electron chi connectivity index (χ2n) is 6.36. The van der Waals surface area contributed by atoms with Crippen molar-refractivity contribution in [3.05, 3.63) is 66.7 Å². The molecule has 2 aromatic carbocycles. The molecular weight excluding hydrogens is 328 g/mol. The van der Waals surface area contributed by atoms with Crippen molar-refractivity contribution in [1.82, 2.24) is 0 Å². The smallest absolute Gasteiger partial charge is 0.229 e. The summed E-state index contributed by atoms with van der Waals surface area (Å²) in [5.41, 5.74) is 2.61. The van der Waals surface area contributed by atoms with Crippen LogP contribution in [0.2, 0.25) is 0 Å². The minimum atomic E-state index is -0.361. The lowest BCUT2D eigenvalue weighted by molar-refractivity contribution is -0.122. The molecule has 0 bridgehead atoms. The minimum absolute atomic E-state index is 0.0241. The highest BCUT2D eigenvalue weighted by atomic mass is 16.5. The van der Waals surface area contributed by atoms with Crippen LogP contribution >= 0.6 is 0 Å². The Morgan fingerprint density at radius 2 is 2.08 bits per heavy atom. The SMILES string of the molecule is C=CCOc1ccc(NC(=O)[C@@H]2CC(=O)N(c3cccc(C)c3)C2)cc1. The van der Waals surface area contributed by atoms with Crippen molar-refractivity contribution in [3.63, 3.8) is 0 Å². The van der Waals surface area contributed by atoms with E-state index in [1.165, 1.54) is 0 Å². The fraction of sp³-hybridized carbons (Fsp3) is 0.238. The van der Waals surface area contributed by atoms with Crippen LogP contribution in [0.5, 0.6) is 5.75 Å². The van der Waals surface area contributed by atoms with E-state index < -0.39 is 0 Å². The monoisotopic (exact) mass is 350 g/mol. The molecule has 0 saturated carbocycles. The second-order valence-corrected chi connectivity index (χ2v) is 6.36. The van der Waals surface area contributed by atoms with Gasteiger partial charge in [0.05, 0.1) is 5.92 Å². The molecule has 0 aliphatic carbocycles. The third-order valence-electron chi connectivity index (χ3n) is 4.30. The van der Waals surface area contributed by atoms with Gasteiger partial charge >= 0.3 is 0 Å². The van der Waals surface area contributed by atoms with Crippen LogP contribution in [0.1, 0.15) is 12.0 Å². The van der Waals surface area contributed by atoms with Crippen molar-refractivity contribution in [2.24, 2.45) is 5.92 Å². The zero-order valence-corrected chi connectivity index (χ0v) is 14.8. The molecule has 0 aromatic heterocycles. The van der Waals surface area contributed by atoms with Gasteiger partial charge in [-0.25, -0.2) is 0 Å². The van der Waals surface area contributed by atoms with Crippen molar-refractivity contribution < 1.29 is 14.3 Å². The van der Waals surface area contributed by atoms with Crippen LogP contribution in [0.3, 0.4) is 0 Å². The highest BCUT2D eigenvalue weighted by molar-refractivity contribution is 6.03. The molecule has 1 aliphatic heterocycles. The molecule has 1 heterocycles. The number of carbonyl (C=O) groups excluding carboxylic acids is 2. The summed E-state index contributed by atoms with van der Waals surface area (Å²) < 4.78 is 5.42. The number of carbonyl (C=O) groups is 2. The Hall–Kier alpha value is -3.08. The molecule has 1 aliphatic rings. The van der Waals surface area contributed by atoms with Crippen LogP contribution in [-0.2, 0) is 9.59 Å². The molecule has 1 atom stereocenters. The molecule has 5 nitrogen and oxygen atoms in total. The van der Waals surface area contributed by atoms with Crippen molar-refractivity contribution >= 4 is 23.2 Å². The number of amides is 2. The molecule has 0 unspecified atom stereocenters. The quantitative estimate of drug-likeness (QED) is 0.811. The second kappa shape index (κ2) is 7.87. The van der Waals surface area contributed by atoms with Gasteiger partial charge in [0.15, 0.2) is 0 Å². The van der Waals surface area contributed by atoms with Gasteiger partial charge in [-0.15, -0.1) is 0 Å². The topological polar surface area (TPSA) is 58.6 Å². The third-order valence-corrected chi connectivity index (χ3v) is 4.30. The predicted molar refractivity (Wildman–Crippen MR) is 102 cm³/mol. The van der Waals surface area contributed by atoms with E-state index >= 15 is 0 Å². The summed E-state index contributed by atoms with van der Waals surface area (Å²) in [4.78, 5) is 26.5. The van der Waals surface area contributed by atoms with Crippen LogP contribution in [0.4, 0.5) is 11.4 Å². The summed E-state index contributed by atoms with van der Waals surface area (Å²) in [5.74, 6) is 0.182. The minimum Gasteiger partial charge on any atom is -0.490 e. The molecule has 1 fully saturated rings. The number of rotatable bonds is 6. The Balaban J connectivity index is 1.62. The highest BCUT2D eigenvalue weighted by Gasteiger charge is 2.35. The molecule has 1 saturated heterocycles. The van der Waals surface area contributed by atoms with E-state index in [1.807, 2.05) is 31.2 Å². The Bertz CT molecular complexity index is 814. The summed E-state index contributed by atoms with van der Waals surface area (Å²) in [6.45, 7) is 6.42. The van der Waals surface area contributed by atoms with Gasteiger partial charge in [-0.05, 0) is 48.9 Å². The molecule has 1 N–H and O–H groups in total. The Morgan fingerprint density at radius 1 is 1.31 bits per heavy atom. The summed E-state index contributed by atoms with van der Waals surface area (Å²) in [6, 6.07) is 14.9. The van der Waals surface area contributed by atoms with E-state index in [9.17, 15) is 9.59 Å². The van der Waals surface area contributed by atoms with Crippen molar-refractivity contribution in [1.29, 1.82) is 0 Å². The van der Waals surface area contributed by atoms with E-state index in [2.05, 4.69) is 11.9 Å². The molecule has 0 spiro atoms. The maximum Gasteiger partial charge on any atom is 0.229 e. The summed E-state index contributed by atoms with van der Waals surface area (Å²) in [6.07, 6.45) is 1.90. The average molecular weight is 350 g/mol. The largest absolute Gasteiger partial charge is 0.490 e. The zero-order chi connectivity index (χ0) is 18.5. The van der Waals surface area contributed by atoms with E-state index in [0.29, 0.717) is 24.6 Å². The first-order chi connectivity index (χ1) is 12.6. The van der Waals surface area contributed by atoms with E-state index in [4.69, 9.17) is 4.74 Å². The molecule has 2 aromatic rings. The Labute approximate surface area is 153 Å². The predicted octanol–water partition coefficient (Wildman–Crippen LogP) is 3.55. The standard InChI is InChI=1S/C21H22N2O3/c1-3-11-26-19-9-7-17(8-10-19)22-21(25)16-13-20(24)23(14-16)18-6-4-5-15(2)12-18/h3-10,12,16H,1,11,13-14H2,2H3,(H,22,25)/t16-/m1/s1. The molecule has 5 heteroatoms. The van der Waals surface area contributed by atoms with Crippen molar-refractivity contribution in [3.8, 4) is 5.75 Å². The molecular formula is C21H22N2O3. The summed E-state index contributed by atoms with van der Waals surface area (Å²) in [5, 5.41) is 2.88. The zero-order valence-electron chi connectivity index (χ0n) is 14.8. The van der Waals surface area contributed by atoms with E-state index in [-0.39, 0.29) is 24.2 Å². The van der Waals surface area contributed by atoms with Crippen LogP contribution in [0, 0.1) is 12.8 Å². The maximum atomic E-state index is 12.5. The van der Waals surface area contributed by atoms with Gasteiger partial charge in [-0.1, -0.05) is 24.8 Å². The van der Waals surface area contributed by atoms with Crippen molar-refractivity contribution in [2.75, 3.05) is 23.4 Å². The number of nitrogens with one attached hydrogen (secondary N) is 1. The summed E-state index contributed by atoms with van der Waals surface area (Å²) >= 11 is 0. The van der Waals surface area contributed by atoms with Gasteiger partial charge in [0.1, 0.15) is 12.4 Å². The first kappa shape index (κ1) is 17.7. The first-order valence-corrected chi connectivity index (χ1v) is 8.58. The molecule has 3 rings (SSSR count). The average Bonchev–Trinajstić information content (AvgIpc) is 3.03. The highest BCUT2D eigenvalue weighted by Crippen LogP contribution is 2.27. The Morgan fingerprint density at radius 3 is 2.77 bits per heavy atom. The van der Waals surface area contributed by atoms with Gasteiger partial charge in [0.2, 0.25) is 11.8 Å². The lowest BCUT2D eigenvalue weighted by Gasteiger charge is -2.17. The van der Waals surface area contributed by atoms with Gasteiger partial charge in [0.25, 0.3) is 0 Å². The number of hydrogen-bond donors (Lipinski definition) is 1. The Kier molecular flexibility index (Phi) is 5.37. The fourth-order valence-electron chi connectivity index (χ4n) is 2.96. The van der Waals surface area contributed by atoms with Crippen molar-refractivity contribution in [2.45, 2.75) is 13.3 Å². The molecule has 2 amide bonds. The fourth-order valence-corrected chi connectivity index (χ4v) is 2.96. The molecule has 26 heavy (non-hydrogen) atoms. The van der Waals surface area contributed by atoms with Gasteiger partial charge in [0, 0.05) is 24.3 Å². The van der Waals surface area contributed by atoms with Crippen LogP contribution < -0.4 is 15.0 Å². The van der Waals surface area contributed by atoms with Gasteiger partial charge in [-0.2, -0.15) is 0 Å². The maximum absolute atomic E-state index is 12.5. The van der Waals surface area contributed by atoms with E-state index in [0.717, 1.165) is 11.3 Å². The van der Waals surface area contributed by atoms with E-state index in [1.54, 1.807) is 35.2 Å². The van der Waals surface area contributed by atoms with Crippen LogP contribution in [-0.4, -0.2) is 25.0 Å². The third kappa shape index (κ3) is 4.11. The summed E-state index contributed by atoms with van der Waals surface area (Å²) in [7, 11) is 0. The number of nitrogens with zero attached hydrogens (tertiary/aromatic N) is 1. The lowest BCUT2D eigenvalue weighted by Crippen LogP contribution is -2.28. The number of hydrogen-bond acceptors (Lipinski definition) is 3. The molecule has 0 radical (unpaired) electrons. The number of aryl methyl sites for hydroxylation is 1.